The summed E-state index contributed by atoms with van der Waals surface area (Å²) < 4.78 is 4.39. The lowest BCUT2D eigenvalue weighted by Crippen LogP contribution is -2.00. The molecule has 0 unspecified atom stereocenters. The van der Waals surface area contributed by atoms with Gasteiger partial charge in [-0.1, -0.05) is 115 Å². The van der Waals surface area contributed by atoms with Crippen LogP contribution >= 0.6 is 0 Å². The third-order valence-corrected chi connectivity index (χ3v) is 9.81. The van der Waals surface area contributed by atoms with Crippen LogP contribution in [-0.2, 0) is 0 Å². The molecule has 0 saturated heterocycles. The van der Waals surface area contributed by atoms with Crippen LogP contribution in [0.2, 0.25) is 0 Å². The summed E-state index contributed by atoms with van der Waals surface area (Å²) in [6.45, 7) is 0. The summed E-state index contributed by atoms with van der Waals surface area (Å²) in [4.78, 5) is 20.1. The predicted octanol–water partition coefficient (Wildman–Crippen LogP) is 11.5. The fraction of sp³-hybridized carbons (Fsp3) is 0. The maximum Gasteiger partial charge on any atom is 0.164 e. The number of rotatable bonds is 7. The summed E-state index contributed by atoms with van der Waals surface area (Å²) in [6, 6.07) is 64.7. The first-order valence-electron chi connectivity index (χ1n) is 18.0. The molecule has 0 spiro atoms. The SMILES string of the molecule is c1ccc(-c2cccc(-c3nc4ccccc4n3-c3cccc(-c4cccc(-c5ccc(-c6nc7ccccc7n6-c6ccccc6)nc5)c4)c3)n2)cc1. The molecule has 10 rings (SSSR count). The molecule has 0 bridgehead atoms. The number of imidazole rings is 2. The van der Waals surface area contributed by atoms with Gasteiger partial charge in [0.15, 0.2) is 11.6 Å². The van der Waals surface area contributed by atoms with E-state index in [2.05, 4.69) is 124 Å². The number of fused-ring (bicyclic) bond motifs is 2. The van der Waals surface area contributed by atoms with E-state index in [4.69, 9.17) is 19.9 Å². The zero-order valence-corrected chi connectivity index (χ0v) is 29.2. The standard InChI is InChI=1S/C48H32N6/c1-3-14-33(15-4-1)40-24-13-25-44(50-40)48-52-42-23-8-10-27-46(42)54(48)39-21-12-18-36(31-39)34-16-11-17-35(30-34)37-28-29-43(49-32-37)47-51-41-22-7-9-26-45(41)53(47)38-19-5-2-6-20-38/h1-32H. The maximum atomic E-state index is 5.10. The minimum atomic E-state index is 0.798. The van der Waals surface area contributed by atoms with Gasteiger partial charge in [0.1, 0.15) is 11.4 Å². The molecule has 0 saturated carbocycles. The Labute approximate surface area is 312 Å². The second-order valence-corrected chi connectivity index (χ2v) is 13.2. The maximum absolute atomic E-state index is 5.10. The number of hydrogen-bond donors (Lipinski definition) is 0. The van der Waals surface area contributed by atoms with Crippen molar-refractivity contribution < 1.29 is 0 Å². The molecule has 10 aromatic rings. The van der Waals surface area contributed by atoms with E-state index in [1.165, 1.54) is 0 Å². The van der Waals surface area contributed by atoms with Crippen molar-refractivity contribution in [3.05, 3.63) is 194 Å². The highest BCUT2D eigenvalue weighted by Gasteiger charge is 2.18. The molecule has 254 valence electrons. The van der Waals surface area contributed by atoms with E-state index >= 15 is 0 Å². The molecule has 4 heterocycles. The van der Waals surface area contributed by atoms with E-state index in [1.54, 1.807) is 0 Å². The first kappa shape index (κ1) is 31.3. The van der Waals surface area contributed by atoms with Gasteiger partial charge in [0.2, 0.25) is 0 Å². The molecule has 6 aromatic carbocycles. The van der Waals surface area contributed by atoms with Crippen LogP contribution < -0.4 is 0 Å². The summed E-state index contributed by atoms with van der Waals surface area (Å²) in [5.74, 6) is 1.61. The topological polar surface area (TPSA) is 61.4 Å². The third kappa shape index (κ3) is 5.63. The van der Waals surface area contributed by atoms with Crippen LogP contribution in [0.1, 0.15) is 0 Å². The summed E-state index contributed by atoms with van der Waals surface area (Å²) in [5.41, 5.74) is 13.9. The van der Waals surface area contributed by atoms with Gasteiger partial charge in [-0.25, -0.2) is 15.0 Å². The Morgan fingerprint density at radius 3 is 1.54 bits per heavy atom. The average Bonchev–Trinajstić information content (AvgIpc) is 3.84. The average molecular weight is 693 g/mol. The van der Waals surface area contributed by atoms with Crippen molar-refractivity contribution in [2.24, 2.45) is 0 Å². The highest BCUT2D eigenvalue weighted by Crippen LogP contribution is 2.34. The zero-order chi connectivity index (χ0) is 35.8. The molecule has 0 fully saturated rings. The summed E-state index contributed by atoms with van der Waals surface area (Å²) in [5, 5.41) is 0. The van der Waals surface area contributed by atoms with Gasteiger partial charge in [0.25, 0.3) is 0 Å². The smallest absolute Gasteiger partial charge is 0.164 e. The Bertz CT molecular complexity index is 2930. The van der Waals surface area contributed by atoms with Gasteiger partial charge in [-0.05, 0) is 89.5 Å². The highest BCUT2D eigenvalue weighted by molar-refractivity contribution is 5.85. The largest absolute Gasteiger partial charge is 0.291 e. The Morgan fingerprint density at radius 1 is 0.315 bits per heavy atom. The molecular formula is C48H32N6. The van der Waals surface area contributed by atoms with Gasteiger partial charge in [-0.15, -0.1) is 0 Å². The number of aromatic nitrogens is 6. The second kappa shape index (κ2) is 13.3. The van der Waals surface area contributed by atoms with Gasteiger partial charge < -0.3 is 0 Å². The van der Waals surface area contributed by atoms with Crippen LogP contribution in [0, 0.1) is 0 Å². The van der Waals surface area contributed by atoms with Crippen LogP contribution in [0.3, 0.4) is 0 Å². The molecule has 4 aromatic heterocycles. The van der Waals surface area contributed by atoms with Crippen molar-refractivity contribution in [1.29, 1.82) is 0 Å². The van der Waals surface area contributed by atoms with Gasteiger partial charge in [-0.3, -0.25) is 14.1 Å². The van der Waals surface area contributed by atoms with E-state index in [-0.39, 0.29) is 0 Å². The fourth-order valence-corrected chi connectivity index (χ4v) is 7.22. The van der Waals surface area contributed by atoms with Crippen molar-refractivity contribution in [3.63, 3.8) is 0 Å². The number of para-hydroxylation sites is 5. The van der Waals surface area contributed by atoms with Crippen molar-refractivity contribution in [1.82, 2.24) is 29.1 Å². The molecule has 54 heavy (non-hydrogen) atoms. The molecule has 0 aliphatic carbocycles. The molecule has 0 radical (unpaired) electrons. The molecule has 0 N–H and O–H groups in total. The lowest BCUT2D eigenvalue weighted by atomic mass is 9.99. The van der Waals surface area contributed by atoms with Crippen molar-refractivity contribution >= 4 is 22.1 Å². The van der Waals surface area contributed by atoms with Gasteiger partial charge >= 0.3 is 0 Å². The first-order chi connectivity index (χ1) is 26.8. The lowest BCUT2D eigenvalue weighted by Gasteiger charge is -2.13. The Morgan fingerprint density at radius 2 is 0.833 bits per heavy atom. The first-order valence-corrected chi connectivity index (χ1v) is 18.0. The Kier molecular flexibility index (Phi) is 7.69. The number of benzene rings is 6. The van der Waals surface area contributed by atoms with Crippen LogP contribution in [0.25, 0.3) is 90.0 Å². The summed E-state index contributed by atoms with van der Waals surface area (Å²) >= 11 is 0. The minimum absolute atomic E-state index is 0.798. The van der Waals surface area contributed by atoms with E-state index in [9.17, 15) is 0 Å². The molecule has 0 aliphatic heterocycles. The van der Waals surface area contributed by atoms with Crippen LogP contribution in [0.5, 0.6) is 0 Å². The van der Waals surface area contributed by atoms with E-state index < -0.39 is 0 Å². The van der Waals surface area contributed by atoms with Crippen molar-refractivity contribution in [3.8, 4) is 67.9 Å². The second-order valence-electron chi connectivity index (χ2n) is 13.2. The lowest BCUT2D eigenvalue weighted by molar-refractivity contribution is 1.08. The third-order valence-electron chi connectivity index (χ3n) is 9.81. The van der Waals surface area contributed by atoms with Crippen LogP contribution in [0.15, 0.2) is 194 Å². The molecular weight excluding hydrogens is 661 g/mol. The number of hydrogen-bond acceptors (Lipinski definition) is 4. The predicted molar refractivity (Wildman–Crippen MR) is 218 cm³/mol. The van der Waals surface area contributed by atoms with Crippen molar-refractivity contribution in [2.45, 2.75) is 0 Å². The van der Waals surface area contributed by atoms with E-state index in [0.29, 0.717) is 0 Å². The normalized spacial score (nSPS) is 11.3. The number of nitrogens with zero attached hydrogens (tertiary/aromatic N) is 6. The summed E-state index contributed by atoms with van der Waals surface area (Å²) in [6.07, 6.45) is 1.94. The quantitative estimate of drug-likeness (QED) is 0.167. The van der Waals surface area contributed by atoms with Crippen LogP contribution in [-0.4, -0.2) is 29.1 Å². The molecule has 0 amide bonds. The molecule has 6 nitrogen and oxygen atoms in total. The van der Waals surface area contributed by atoms with Crippen LogP contribution in [0.4, 0.5) is 0 Å². The minimum Gasteiger partial charge on any atom is -0.291 e. The van der Waals surface area contributed by atoms with Gasteiger partial charge in [-0.2, -0.15) is 0 Å². The van der Waals surface area contributed by atoms with E-state index in [1.807, 2.05) is 79.0 Å². The van der Waals surface area contributed by atoms with Gasteiger partial charge in [0.05, 0.1) is 27.8 Å². The fourth-order valence-electron chi connectivity index (χ4n) is 7.22. The Balaban J connectivity index is 1.01. The number of pyridine rings is 2. The van der Waals surface area contributed by atoms with Crippen molar-refractivity contribution in [2.75, 3.05) is 0 Å². The molecule has 6 heteroatoms. The monoisotopic (exact) mass is 692 g/mol. The van der Waals surface area contributed by atoms with Gasteiger partial charge in [0, 0.05) is 28.7 Å². The summed E-state index contributed by atoms with van der Waals surface area (Å²) in [7, 11) is 0. The van der Waals surface area contributed by atoms with E-state index in [0.717, 1.165) is 90.0 Å². The zero-order valence-electron chi connectivity index (χ0n) is 29.2. The Hall–Kier alpha value is -7.44. The molecule has 0 aliphatic rings. The molecule has 0 atom stereocenters. The highest BCUT2D eigenvalue weighted by atomic mass is 15.1.